The van der Waals surface area contributed by atoms with Crippen LogP contribution in [0.25, 0.3) is 0 Å². The van der Waals surface area contributed by atoms with Crippen molar-refractivity contribution in [3.63, 3.8) is 0 Å². The van der Waals surface area contributed by atoms with Gasteiger partial charge in [-0.3, -0.25) is 10.1 Å². The summed E-state index contributed by atoms with van der Waals surface area (Å²) >= 11 is 0. The zero-order valence-electron chi connectivity index (χ0n) is 13.3. The molecular formula is C18H16N2O4. The number of carbonyl (C=O) groups excluding carboxylic acids is 1. The minimum absolute atomic E-state index is 0.215. The number of ether oxygens (including phenoxy) is 1. The van der Waals surface area contributed by atoms with Gasteiger partial charge in [0.05, 0.1) is 16.7 Å². The Bertz CT molecular complexity index is 858. The Balaban J connectivity index is 1.94. The fourth-order valence-corrected chi connectivity index (χ4v) is 2.72. The fraction of sp³-hybridized carbons (Fsp3) is 0.167. The zero-order valence-corrected chi connectivity index (χ0v) is 13.3. The van der Waals surface area contributed by atoms with Gasteiger partial charge >= 0.3 is 11.7 Å². The molecule has 0 spiro atoms. The summed E-state index contributed by atoms with van der Waals surface area (Å²) in [4.78, 5) is 22.8. The summed E-state index contributed by atoms with van der Waals surface area (Å²) < 4.78 is 5.20. The molecule has 0 bridgehead atoms. The molecule has 0 aromatic heterocycles. The maximum Gasteiger partial charge on any atom is 0.339 e. The Labute approximate surface area is 138 Å². The fourth-order valence-electron chi connectivity index (χ4n) is 2.72. The lowest BCUT2D eigenvalue weighted by Crippen LogP contribution is -2.12. The molecule has 1 N–H and O–H groups in total. The van der Waals surface area contributed by atoms with E-state index in [-0.39, 0.29) is 5.70 Å². The molecule has 6 nitrogen and oxygen atoms in total. The SMILES string of the molecule is Cc1ccc(N/C=C(\[C@H]2OC(=O)c3ccccc32)[N+](=O)[O-])c(C)c1. The van der Waals surface area contributed by atoms with Crippen LogP contribution in [0.2, 0.25) is 0 Å². The third kappa shape index (κ3) is 2.86. The second kappa shape index (κ2) is 6.16. The largest absolute Gasteiger partial charge is 0.442 e. The van der Waals surface area contributed by atoms with Crippen molar-refractivity contribution < 1.29 is 14.5 Å². The lowest BCUT2D eigenvalue weighted by Gasteiger charge is -2.10. The van der Waals surface area contributed by atoms with Crippen molar-refractivity contribution >= 4 is 11.7 Å². The molecule has 0 saturated carbocycles. The summed E-state index contributed by atoms with van der Waals surface area (Å²) in [5.74, 6) is -0.546. The zero-order chi connectivity index (χ0) is 17.3. The van der Waals surface area contributed by atoms with E-state index in [2.05, 4.69) is 5.32 Å². The molecule has 2 aromatic rings. The van der Waals surface area contributed by atoms with Crippen molar-refractivity contribution in [1.82, 2.24) is 0 Å². The highest BCUT2D eigenvalue weighted by molar-refractivity contribution is 5.94. The first-order valence-electron chi connectivity index (χ1n) is 7.45. The first kappa shape index (κ1) is 15.7. The Morgan fingerprint density at radius 2 is 2.00 bits per heavy atom. The first-order chi connectivity index (χ1) is 11.5. The average molecular weight is 324 g/mol. The van der Waals surface area contributed by atoms with Crippen molar-refractivity contribution in [2.24, 2.45) is 0 Å². The summed E-state index contributed by atoms with van der Waals surface area (Å²) in [6.45, 7) is 3.89. The molecule has 1 heterocycles. The van der Waals surface area contributed by atoms with Crippen molar-refractivity contribution in [3.8, 4) is 0 Å². The standard InChI is InChI=1S/C18H16N2O4/c1-11-7-8-15(12(2)9-11)19-10-16(20(22)23)17-13-5-3-4-6-14(13)18(21)24-17/h3-10,17,19H,1-2H3/b16-10+/t17-/m0/s1. The number of hydrogen-bond donors (Lipinski definition) is 1. The third-order valence-corrected chi connectivity index (χ3v) is 3.92. The number of esters is 1. The van der Waals surface area contributed by atoms with Crippen LogP contribution in [0.5, 0.6) is 0 Å². The second-order valence-electron chi connectivity index (χ2n) is 5.66. The monoisotopic (exact) mass is 324 g/mol. The molecule has 0 radical (unpaired) electrons. The maximum absolute atomic E-state index is 11.9. The molecule has 3 rings (SSSR count). The van der Waals surface area contributed by atoms with Crippen molar-refractivity contribution in [2.45, 2.75) is 20.0 Å². The number of anilines is 1. The second-order valence-corrected chi connectivity index (χ2v) is 5.66. The highest BCUT2D eigenvalue weighted by Crippen LogP contribution is 2.36. The normalized spacial score (nSPS) is 16.5. The number of nitrogens with zero attached hydrogens (tertiary/aromatic N) is 1. The van der Waals surface area contributed by atoms with Gasteiger partial charge in [-0.25, -0.2) is 4.79 Å². The Morgan fingerprint density at radius 1 is 1.25 bits per heavy atom. The van der Waals surface area contributed by atoms with Crippen LogP contribution in [0.4, 0.5) is 5.69 Å². The van der Waals surface area contributed by atoms with Crippen LogP contribution >= 0.6 is 0 Å². The van der Waals surface area contributed by atoms with E-state index < -0.39 is 17.0 Å². The predicted octanol–water partition coefficient (Wildman–Crippen LogP) is 3.75. The van der Waals surface area contributed by atoms with E-state index in [9.17, 15) is 14.9 Å². The molecule has 1 aliphatic rings. The molecular weight excluding hydrogens is 308 g/mol. The molecule has 0 aliphatic carbocycles. The number of benzene rings is 2. The number of rotatable bonds is 4. The quantitative estimate of drug-likeness (QED) is 0.526. The number of cyclic esters (lactones) is 1. The molecule has 0 unspecified atom stereocenters. The third-order valence-electron chi connectivity index (χ3n) is 3.92. The summed E-state index contributed by atoms with van der Waals surface area (Å²) in [5, 5.41) is 14.4. The summed E-state index contributed by atoms with van der Waals surface area (Å²) in [6.07, 6.45) is 0.277. The van der Waals surface area contributed by atoms with Crippen LogP contribution in [0.15, 0.2) is 54.4 Å². The van der Waals surface area contributed by atoms with E-state index in [4.69, 9.17) is 4.74 Å². The minimum Gasteiger partial charge on any atom is -0.442 e. The number of carbonyl (C=O) groups is 1. The maximum atomic E-state index is 11.9. The van der Waals surface area contributed by atoms with Gasteiger partial charge in [-0.2, -0.15) is 0 Å². The van der Waals surface area contributed by atoms with Crippen LogP contribution < -0.4 is 5.32 Å². The lowest BCUT2D eigenvalue weighted by atomic mass is 10.0. The van der Waals surface area contributed by atoms with Crippen LogP contribution in [0.1, 0.15) is 33.2 Å². The summed E-state index contributed by atoms with van der Waals surface area (Å²) in [6, 6.07) is 12.4. The Morgan fingerprint density at radius 3 is 2.71 bits per heavy atom. The predicted molar refractivity (Wildman–Crippen MR) is 89.2 cm³/mol. The van der Waals surface area contributed by atoms with Gasteiger partial charge in [0.2, 0.25) is 6.10 Å². The molecule has 0 fully saturated rings. The molecule has 0 amide bonds. The summed E-state index contributed by atoms with van der Waals surface area (Å²) in [5.41, 5.74) is 3.49. The minimum atomic E-state index is -1.01. The van der Waals surface area contributed by atoms with Crippen LogP contribution in [0, 0.1) is 24.0 Å². The van der Waals surface area contributed by atoms with Crippen molar-refractivity contribution in [3.05, 3.63) is 86.7 Å². The van der Waals surface area contributed by atoms with Crippen LogP contribution in [-0.4, -0.2) is 10.9 Å². The van der Waals surface area contributed by atoms with E-state index in [0.717, 1.165) is 16.8 Å². The van der Waals surface area contributed by atoms with E-state index in [1.165, 1.54) is 6.20 Å². The van der Waals surface area contributed by atoms with Gasteiger partial charge in [0.15, 0.2) is 0 Å². The van der Waals surface area contributed by atoms with Gasteiger partial charge in [-0.15, -0.1) is 0 Å². The van der Waals surface area contributed by atoms with Gasteiger partial charge < -0.3 is 10.1 Å². The van der Waals surface area contributed by atoms with Gasteiger partial charge in [-0.05, 0) is 31.5 Å². The Hall–Kier alpha value is -3.15. The van der Waals surface area contributed by atoms with Crippen molar-refractivity contribution in [1.29, 1.82) is 0 Å². The van der Waals surface area contributed by atoms with Gasteiger partial charge in [0, 0.05) is 11.3 Å². The van der Waals surface area contributed by atoms with Crippen molar-refractivity contribution in [2.75, 3.05) is 5.32 Å². The Kier molecular flexibility index (Phi) is 4.04. The highest BCUT2D eigenvalue weighted by atomic mass is 16.6. The molecule has 24 heavy (non-hydrogen) atoms. The van der Waals surface area contributed by atoms with Gasteiger partial charge in [0.1, 0.15) is 0 Å². The molecule has 122 valence electrons. The molecule has 1 aliphatic heterocycles. The van der Waals surface area contributed by atoms with Gasteiger partial charge in [-0.1, -0.05) is 35.9 Å². The number of aryl methyl sites for hydroxylation is 2. The van der Waals surface area contributed by atoms with Gasteiger partial charge in [0.25, 0.3) is 0 Å². The van der Waals surface area contributed by atoms with E-state index in [1.807, 2.05) is 32.0 Å². The number of hydrogen-bond acceptors (Lipinski definition) is 5. The smallest absolute Gasteiger partial charge is 0.339 e. The van der Waals surface area contributed by atoms with E-state index in [0.29, 0.717) is 11.1 Å². The molecule has 1 atom stereocenters. The number of nitro groups is 1. The van der Waals surface area contributed by atoms with E-state index in [1.54, 1.807) is 24.3 Å². The van der Waals surface area contributed by atoms with Crippen LogP contribution in [0.3, 0.4) is 0 Å². The molecule has 0 saturated heterocycles. The highest BCUT2D eigenvalue weighted by Gasteiger charge is 2.39. The lowest BCUT2D eigenvalue weighted by molar-refractivity contribution is -0.436. The first-order valence-corrected chi connectivity index (χ1v) is 7.45. The summed E-state index contributed by atoms with van der Waals surface area (Å²) in [7, 11) is 0. The molecule has 2 aromatic carbocycles. The topological polar surface area (TPSA) is 81.5 Å². The van der Waals surface area contributed by atoms with E-state index >= 15 is 0 Å². The molecule has 6 heteroatoms. The van der Waals surface area contributed by atoms with Crippen LogP contribution in [-0.2, 0) is 4.74 Å². The number of nitrogens with one attached hydrogen (secondary N) is 1. The number of fused-ring (bicyclic) bond motifs is 1. The average Bonchev–Trinajstić information content (AvgIpc) is 2.87.